The van der Waals surface area contributed by atoms with E-state index in [9.17, 15) is 24.0 Å². The normalized spacial score (nSPS) is 22.9. The lowest BCUT2D eigenvalue weighted by molar-refractivity contribution is -0.150. The van der Waals surface area contributed by atoms with Gasteiger partial charge in [-0.25, -0.2) is 0 Å². The molecule has 2 aliphatic rings. The minimum absolute atomic E-state index is 0.103. The van der Waals surface area contributed by atoms with Crippen molar-refractivity contribution in [2.75, 3.05) is 12.3 Å². The van der Waals surface area contributed by atoms with Gasteiger partial charge in [-0.2, -0.15) is 0 Å². The summed E-state index contributed by atoms with van der Waals surface area (Å²) in [5.41, 5.74) is 4.40. The van der Waals surface area contributed by atoms with Crippen LogP contribution in [-0.2, 0) is 19.2 Å². The summed E-state index contributed by atoms with van der Waals surface area (Å²) in [5.74, 6) is -2.59. The van der Waals surface area contributed by atoms with Gasteiger partial charge < -0.3 is 31.2 Å². The third-order valence-corrected chi connectivity index (χ3v) is 7.09. The van der Waals surface area contributed by atoms with Crippen molar-refractivity contribution in [1.82, 2.24) is 15.5 Å². The first-order valence-corrected chi connectivity index (χ1v) is 11.8. The van der Waals surface area contributed by atoms with Crippen LogP contribution in [-0.4, -0.2) is 64.2 Å². The van der Waals surface area contributed by atoms with Gasteiger partial charge in [-0.05, 0) is 48.8 Å². The summed E-state index contributed by atoms with van der Waals surface area (Å²) in [7, 11) is 0. The lowest BCUT2D eigenvalue weighted by Gasteiger charge is -2.42. The molecule has 1 aromatic carbocycles. The number of anilines is 1. The number of carbonyl (C=O) groups is 5. The van der Waals surface area contributed by atoms with Gasteiger partial charge in [0.25, 0.3) is 5.91 Å². The number of benzene rings is 1. The minimum atomic E-state index is -1.22. The summed E-state index contributed by atoms with van der Waals surface area (Å²) < 4.78 is 0. The first kappa shape index (κ1) is 26.5. The number of carboxylic acids is 1. The molecule has 0 spiro atoms. The maximum atomic E-state index is 13.8. The Kier molecular flexibility index (Phi) is 7.45. The van der Waals surface area contributed by atoms with Crippen LogP contribution in [0.2, 0.25) is 5.02 Å². The average molecular weight is 507 g/mol. The molecular formula is C24H31ClN4O6. The van der Waals surface area contributed by atoms with Crippen LogP contribution in [0.1, 0.15) is 56.8 Å². The minimum Gasteiger partial charge on any atom is -0.481 e. The van der Waals surface area contributed by atoms with Crippen LogP contribution in [0.5, 0.6) is 0 Å². The Hall–Kier alpha value is -3.14. The third kappa shape index (κ3) is 5.42. The number of nitrogens with two attached hydrogens (primary N) is 1. The topological polar surface area (TPSA) is 159 Å². The molecule has 1 aromatic rings. The van der Waals surface area contributed by atoms with Gasteiger partial charge in [0.1, 0.15) is 17.9 Å². The zero-order valence-corrected chi connectivity index (χ0v) is 20.7. The number of likely N-dealkylation sites (tertiary alicyclic amines) is 1. The molecule has 1 saturated carbocycles. The number of aldehydes is 1. The summed E-state index contributed by atoms with van der Waals surface area (Å²) in [6.07, 6.45) is 1.38. The van der Waals surface area contributed by atoms with Crippen molar-refractivity contribution in [3.8, 4) is 0 Å². The number of aliphatic carboxylic acids is 1. The molecule has 2 bridgehead atoms. The smallest absolute Gasteiger partial charge is 0.305 e. The Morgan fingerprint density at radius 2 is 1.97 bits per heavy atom. The number of hydrogen-bond donors (Lipinski definition) is 4. The second kappa shape index (κ2) is 9.85. The van der Waals surface area contributed by atoms with Crippen LogP contribution in [0.4, 0.5) is 5.69 Å². The Bertz CT molecular complexity index is 1050. The number of hydrogen-bond acceptors (Lipinski definition) is 6. The number of nitrogens with zero attached hydrogens (tertiary/aromatic N) is 1. The Morgan fingerprint density at radius 3 is 2.51 bits per heavy atom. The Morgan fingerprint density at radius 1 is 1.29 bits per heavy atom. The maximum absolute atomic E-state index is 13.8. The lowest BCUT2D eigenvalue weighted by atomic mass is 9.84. The van der Waals surface area contributed by atoms with Crippen LogP contribution < -0.4 is 16.4 Å². The van der Waals surface area contributed by atoms with E-state index in [4.69, 9.17) is 22.4 Å². The number of fused-ring (bicyclic) bond motifs is 2. The molecule has 1 saturated heterocycles. The highest BCUT2D eigenvalue weighted by Crippen LogP contribution is 2.47. The van der Waals surface area contributed by atoms with Crippen LogP contribution in [0.15, 0.2) is 18.2 Å². The molecule has 4 atom stereocenters. The second-order valence-electron chi connectivity index (χ2n) is 10.4. The average Bonchev–Trinajstić information content (AvgIpc) is 3.37. The van der Waals surface area contributed by atoms with E-state index in [1.54, 1.807) is 0 Å². The van der Waals surface area contributed by atoms with Crippen LogP contribution in [0.25, 0.3) is 0 Å². The van der Waals surface area contributed by atoms with E-state index in [1.807, 2.05) is 20.8 Å². The predicted molar refractivity (Wildman–Crippen MR) is 129 cm³/mol. The predicted octanol–water partition coefficient (Wildman–Crippen LogP) is 1.61. The lowest BCUT2D eigenvalue weighted by Crippen LogP contribution is -2.64. The summed E-state index contributed by atoms with van der Waals surface area (Å²) in [6, 6.07) is 2.28. The Balaban J connectivity index is 1.86. The van der Waals surface area contributed by atoms with E-state index in [0.29, 0.717) is 31.4 Å². The van der Waals surface area contributed by atoms with E-state index >= 15 is 0 Å². The van der Waals surface area contributed by atoms with E-state index in [1.165, 1.54) is 23.1 Å². The highest BCUT2D eigenvalue weighted by atomic mass is 35.5. The quantitative estimate of drug-likeness (QED) is 0.308. The number of carboxylic acid groups (broad SMARTS) is 1. The number of nitrogens with one attached hydrogen (secondary N) is 2. The molecule has 35 heavy (non-hydrogen) atoms. The zero-order chi connectivity index (χ0) is 26.1. The van der Waals surface area contributed by atoms with Crippen molar-refractivity contribution in [2.45, 2.75) is 64.1 Å². The van der Waals surface area contributed by atoms with Gasteiger partial charge >= 0.3 is 5.97 Å². The van der Waals surface area contributed by atoms with Gasteiger partial charge in [-0.15, -0.1) is 0 Å². The van der Waals surface area contributed by atoms with E-state index < -0.39 is 53.1 Å². The van der Waals surface area contributed by atoms with Gasteiger partial charge in [0, 0.05) is 12.1 Å². The summed E-state index contributed by atoms with van der Waals surface area (Å²) in [5, 5.41) is 14.5. The first-order valence-electron chi connectivity index (χ1n) is 11.4. The van der Waals surface area contributed by atoms with Crippen molar-refractivity contribution in [1.29, 1.82) is 0 Å². The molecule has 10 nitrogen and oxygen atoms in total. The van der Waals surface area contributed by atoms with Crippen molar-refractivity contribution < 1.29 is 29.1 Å². The number of rotatable bonds is 8. The molecule has 5 N–H and O–H groups in total. The molecule has 3 rings (SSSR count). The van der Waals surface area contributed by atoms with Crippen LogP contribution in [0.3, 0.4) is 0 Å². The second-order valence-corrected chi connectivity index (χ2v) is 10.8. The number of nitrogen functional groups attached to an aromatic ring is 1. The largest absolute Gasteiger partial charge is 0.481 e. The van der Waals surface area contributed by atoms with E-state index in [-0.39, 0.29) is 16.5 Å². The molecule has 190 valence electrons. The SMILES string of the molecule is CC(C)(C)[C@H](NC(=O)c1ccc(N)c(Cl)c1)C(=O)N1C[C@@H]2CC[C@@]1(C(=O)N[C@H](C=O)CC(=O)O)C2. The molecule has 0 radical (unpaired) electrons. The van der Waals surface area contributed by atoms with Gasteiger partial charge in [0.05, 0.1) is 23.2 Å². The molecule has 0 aromatic heterocycles. The molecule has 1 heterocycles. The summed E-state index contributed by atoms with van der Waals surface area (Å²) >= 11 is 6.05. The fourth-order valence-corrected chi connectivity index (χ4v) is 5.08. The number of amides is 3. The van der Waals surface area contributed by atoms with Crippen molar-refractivity contribution in [2.24, 2.45) is 11.3 Å². The highest BCUT2D eigenvalue weighted by molar-refractivity contribution is 6.33. The monoisotopic (exact) mass is 506 g/mol. The van der Waals surface area contributed by atoms with E-state index in [2.05, 4.69) is 10.6 Å². The fourth-order valence-electron chi connectivity index (χ4n) is 4.90. The van der Waals surface area contributed by atoms with Crippen molar-refractivity contribution >= 4 is 47.3 Å². The molecular weight excluding hydrogens is 476 g/mol. The molecule has 11 heteroatoms. The number of carbonyl (C=O) groups excluding carboxylic acids is 4. The highest BCUT2D eigenvalue weighted by Gasteiger charge is 2.59. The van der Waals surface area contributed by atoms with Crippen LogP contribution in [0, 0.1) is 11.3 Å². The number of halogens is 1. The fraction of sp³-hybridized carbons (Fsp3) is 0.542. The number of piperidine rings is 1. The van der Waals surface area contributed by atoms with Gasteiger partial charge in [-0.1, -0.05) is 32.4 Å². The van der Waals surface area contributed by atoms with Gasteiger partial charge in [-0.3, -0.25) is 19.2 Å². The molecule has 0 unspecified atom stereocenters. The third-order valence-electron chi connectivity index (χ3n) is 6.77. The standard InChI is InChI=1S/C24H31ClN4O6/c1-23(2,3)19(28-20(33)14-4-5-17(26)16(25)8-14)21(34)29-11-13-6-7-24(29,10-13)22(35)27-15(12-30)9-18(31)32/h4-5,8,12-13,15,19H,6-7,9-11,26H2,1-3H3,(H,27,35)(H,28,33)(H,31,32)/t13-,15+,19-,24+/m1/s1. The van der Waals surface area contributed by atoms with E-state index in [0.717, 1.165) is 6.42 Å². The summed E-state index contributed by atoms with van der Waals surface area (Å²) in [6.45, 7) is 5.76. The van der Waals surface area contributed by atoms with Gasteiger partial charge in [0.2, 0.25) is 11.8 Å². The molecule has 2 fully saturated rings. The van der Waals surface area contributed by atoms with Crippen molar-refractivity contribution in [3.63, 3.8) is 0 Å². The first-order chi connectivity index (χ1) is 16.3. The Labute approximate surface area is 208 Å². The molecule has 3 amide bonds. The summed E-state index contributed by atoms with van der Waals surface area (Å²) in [4.78, 5) is 64.0. The zero-order valence-electron chi connectivity index (χ0n) is 20.0. The maximum Gasteiger partial charge on any atom is 0.305 e. The molecule has 1 aliphatic heterocycles. The van der Waals surface area contributed by atoms with Crippen LogP contribution >= 0.6 is 11.6 Å². The molecule has 1 aliphatic carbocycles. The van der Waals surface area contributed by atoms with Gasteiger partial charge in [0.15, 0.2) is 0 Å². The van der Waals surface area contributed by atoms with Crippen molar-refractivity contribution in [3.05, 3.63) is 28.8 Å².